The van der Waals surface area contributed by atoms with Crippen LogP contribution >= 0.6 is 0 Å². The third kappa shape index (κ3) is 4.65. The van der Waals surface area contributed by atoms with Crippen LogP contribution in [0.2, 0.25) is 0 Å². The van der Waals surface area contributed by atoms with E-state index in [1.807, 2.05) is 39.0 Å². The van der Waals surface area contributed by atoms with Gasteiger partial charge in [-0.15, -0.1) is 0 Å². The second kappa shape index (κ2) is 7.98. The Kier molecular flexibility index (Phi) is 5.34. The van der Waals surface area contributed by atoms with Crippen molar-refractivity contribution in [3.05, 3.63) is 36.2 Å². The molecule has 0 saturated carbocycles. The molecule has 0 aliphatic carbocycles. The van der Waals surface area contributed by atoms with Gasteiger partial charge >= 0.3 is 12.1 Å². The monoisotopic (exact) mass is 423 g/mol. The fourth-order valence-corrected chi connectivity index (χ4v) is 3.53. The fourth-order valence-electron chi connectivity index (χ4n) is 3.53. The van der Waals surface area contributed by atoms with Crippen LogP contribution < -0.4 is 10.2 Å². The average Bonchev–Trinajstić information content (AvgIpc) is 2.72. The highest BCUT2D eigenvalue weighted by Gasteiger charge is 2.26. The molecule has 0 radical (unpaired) electrons. The van der Waals surface area contributed by atoms with Gasteiger partial charge in [0.1, 0.15) is 5.60 Å². The van der Waals surface area contributed by atoms with E-state index in [0.717, 1.165) is 11.3 Å². The number of nitrogens with zero attached hydrogens (tertiary/aromatic N) is 4. The van der Waals surface area contributed by atoms with Gasteiger partial charge in [0.05, 0.1) is 28.6 Å². The third-order valence-corrected chi connectivity index (χ3v) is 5.08. The Bertz CT molecular complexity index is 1090. The van der Waals surface area contributed by atoms with Crippen LogP contribution in [0.1, 0.15) is 39.3 Å². The molecule has 31 heavy (non-hydrogen) atoms. The van der Waals surface area contributed by atoms with Crippen LogP contribution in [0.15, 0.2) is 30.5 Å². The summed E-state index contributed by atoms with van der Waals surface area (Å²) in [7, 11) is 0. The predicted molar refractivity (Wildman–Crippen MR) is 115 cm³/mol. The number of carbonyl (C=O) groups is 3. The van der Waals surface area contributed by atoms with E-state index in [9.17, 15) is 14.4 Å². The first-order chi connectivity index (χ1) is 14.7. The van der Waals surface area contributed by atoms with Gasteiger partial charge in [0, 0.05) is 26.1 Å². The maximum Gasteiger partial charge on any atom is 0.410 e. The van der Waals surface area contributed by atoms with Crippen molar-refractivity contribution in [3.63, 3.8) is 0 Å². The molecular formula is C22H25N5O4. The largest absolute Gasteiger partial charge is 0.444 e. The maximum atomic E-state index is 12.3. The minimum Gasteiger partial charge on any atom is -0.444 e. The van der Waals surface area contributed by atoms with Crippen molar-refractivity contribution in [2.45, 2.75) is 39.2 Å². The molecule has 9 heteroatoms. The van der Waals surface area contributed by atoms with Crippen molar-refractivity contribution < 1.29 is 19.1 Å². The summed E-state index contributed by atoms with van der Waals surface area (Å²) in [6, 6.07) is 5.15. The number of hydrogen-bond donors (Lipinski definition) is 1. The molecule has 9 nitrogen and oxygen atoms in total. The average molecular weight is 423 g/mol. The normalized spacial score (nSPS) is 17.5. The van der Waals surface area contributed by atoms with Crippen molar-refractivity contribution in [3.8, 4) is 0 Å². The zero-order valence-electron chi connectivity index (χ0n) is 17.8. The van der Waals surface area contributed by atoms with Gasteiger partial charge in [0.25, 0.3) is 0 Å². The molecule has 4 rings (SSSR count). The molecule has 2 aromatic heterocycles. The van der Waals surface area contributed by atoms with E-state index in [-0.39, 0.29) is 18.4 Å². The standard InChI is InChI=1S/C22H25N5O4/c1-22(2,3)31-21(30)26-9-6-14(7-10-26)16-4-5-17-18(24-16)12-15(13-23-17)27-11-8-19(28)25-20(27)29/h4-6,12-13H,7-11H2,1-3H3,(H,25,28,29). The number of anilines is 1. The zero-order valence-corrected chi connectivity index (χ0v) is 17.8. The highest BCUT2D eigenvalue weighted by atomic mass is 16.6. The van der Waals surface area contributed by atoms with E-state index < -0.39 is 11.6 Å². The summed E-state index contributed by atoms with van der Waals surface area (Å²) < 4.78 is 5.44. The number of amides is 4. The minimum absolute atomic E-state index is 0.248. The first kappa shape index (κ1) is 20.8. The lowest BCUT2D eigenvalue weighted by molar-refractivity contribution is -0.120. The second-order valence-corrected chi connectivity index (χ2v) is 8.59. The van der Waals surface area contributed by atoms with Gasteiger partial charge in [0.15, 0.2) is 0 Å². The van der Waals surface area contributed by atoms with E-state index in [0.29, 0.717) is 42.8 Å². The number of aromatic nitrogens is 2. The predicted octanol–water partition coefficient (Wildman–Crippen LogP) is 3.10. The number of nitrogens with one attached hydrogen (secondary N) is 1. The number of urea groups is 1. The Hall–Kier alpha value is -3.49. The first-order valence-electron chi connectivity index (χ1n) is 10.2. The van der Waals surface area contributed by atoms with Crippen molar-refractivity contribution in [2.75, 3.05) is 24.5 Å². The molecule has 2 aliphatic rings. The smallest absolute Gasteiger partial charge is 0.410 e. The molecular weight excluding hydrogens is 398 g/mol. The number of carbonyl (C=O) groups excluding carboxylic acids is 3. The molecule has 1 saturated heterocycles. The van der Waals surface area contributed by atoms with E-state index >= 15 is 0 Å². The van der Waals surface area contributed by atoms with E-state index in [1.165, 1.54) is 4.90 Å². The maximum absolute atomic E-state index is 12.3. The van der Waals surface area contributed by atoms with Crippen LogP contribution in [0.25, 0.3) is 16.6 Å². The van der Waals surface area contributed by atoms with Crippen LogP contribution in [0.4, 0.5) is 15.3 Å². The summed E-state index contributed by atoms with van der Waals surface area (Å²) in [5.74, 6) is -0.278. The summed E-state index contributed by atoms with van der Waals surface area (Å²) in [6.07, 6.45) is 4.20. The van der Waals surface area contributed by atoms with E-state index in [1.54, 1.807) is 17.2 Å². The van der Waals surface area contributed by atoms with Crippen LogP contribution in [-0.4, -0.2) is 58.1 Å². The van der Waals surface area contributed by atoms with Gasteiger partial charge in [-0.05, 0) is 51.0 Å². The zero-order chi connectivity index (χ0) is 22.2. The lowest BCUT2D eigenvalue weighted by Crippen LogP contribution is -2.49. The summed E-state index contributed by atoms with van der Waals surface area (Å²) in [4.78, 5) is 48.1. The molecule has 0 aromatic carbocycles. The van der Waals surface area contributed by atoms with Gasteiger partial charge in [-0.2, -0.15) is 0 Å². The van der Waals surface area contributed by atoms with E-state index in [4.69, 9.17) is 9.72 Å². The second-order valence-electron chi connectivity index (χ2n) is 8.59. The molecule has 1 fully saturated rings. The summed E-state index contributed by atoms with van der Waals surface area (Å²) >= 11 is 0. The van der Waals surface area contributed by atoms with Gasteiger partial charge in [-0.3, -0.25) is 20.0 Å². The Morgan fingerprint density at radius 3 is 2.61 bits per heavy atom. The molecule has 0 unspecified atom stereocenters. The third-order valence-electron chi connectivity index (χ3n) is 5.08. The molecule has 2 aliphatic heterocycles. The molecule has 2 aromatic rings. The van der Waals surface area contributed by atoms with Gasteiger partial charge in [-0.1, -0.05) is 6.08 Å². The quantitative estimate of drug-likeness (QED) is 0.796. The Morgan fingerprint density at radius 2 is 1.94 bits per heavy atom. The molecule has 162 valence electrons. The SMILES string of the molecule is CC(C)(C)OC(=O)N1CC=C(c2ccc3ncc(N4CCC(=O)NC4=O)cc3n2)CC1. The van der Waals surface area contributed by atoms with Gasteiger partial charge < -0.3 is 9.64 Å². The highest BCUT2D eigenvalue weighted by Crippen LogP contribution is 2.26. The highest BCUT2D eigenvalue weighted by molar-refractivity contribution is 6.06. The summed E-state index contributed by atoms with van der Waals surface area (Å²) in [5, 5.41) is 2.31. The Balaban J connectivity index is 1.53. The van der Waals surface area contributed by atoms with Crippen molar-refractivity contribution in [1.29, 1.82) is 0 Å². The summed E-state index contributed by atoms with van der Waals surface area (Å²) in [5.41, 5.74) is 3.31. The minimum atomic E-state index is -0.524. The lowest BCUT2D eigenvalue weighted by atomic mass is 10.0. The van der Waals surface area contributed by atoms with Crippen LogP contribution in [0, 0.1) is 0 Å². The van der Waals surface area contributed by atoms with Crippen molar-refractivity contribution in [1.82, 2.24) is 20.2 Å². The van der Waals surface area contributed by atoms with Crippen molar-refractivity contribution in [2.24, 2.45) is 0 Å². The number of imide groups is 1. The number of pyridine rings is 2. The summed E-state index contributed by atoms with van der Waals surface area (Å²) in [6.45, 7) is 6.88. The van der Waals surface area contributed by atoms with Crippen LogP contribution in [0.5, 0.6) is 0 Å². The van der Waals surface area contributed by atoms with Gasteiger partial charge in [-0.25, -0.2) is 14.6 Å². The van der Waals surface area contributed by atoms with Gasteiger partial charge in [0.2, 0.25) is 5.91 Å². The number of ether oxygens (including phenoxy) is 1. The van der Waals surface area contributed by atoms with Crippen LogP contribution in [0.3, 0.4) is 0 Å². The lowest BCUT2D eigenvalue weighted by Gasteiger charge is -2.29. The van der Waals surface area contributed by atoms with Crippen LogP contribution in [-0.2, 0) is 9.53 Å². The Labute approximate surface area is 180 Å². The fraction of sp³-hybridized carbons (Fsp3) is 0.409. The molecule has 1 N–H and O–H groups in total. The number of hydrogen-bond acceptors (Lipinski definition) is 6. The molecule has 4 amide bonds. The van der Waals surface area contributed by atoms with Crippen molar-refractivity contribution >= 4 is 40.3 Å². The topological polar surface area (TPSA) is 105 Å². The Morgan fingerprint density at radius 1 is 1.13 bits per heavy atom. The first-order valence-corrected chi connectivity index (χ1v) is 10.2. The molecule has 0 bridgehead atoms. The molecule has 0 atom stereocenters. The molecule has 4 heterocycles. The number of fused-ring (bicyclic) bond motifs is 1. The molecule has 0 spiro atoms. The van der Waals surface area contributed by atoms with E-state index in [2.05, 4.69) is 10.3 Å². The number of rotatable bonds is 2.